The van der Waals surface area contributed by atoms with Crippen LogP contribution in [0, 0.1) is 0 Å². The summed E-state index contributed by atoms with van der Waals surface area (Å²) >= 11 is 0. The van der Waals surface area contributed by atoms with Crippen LogP contribution < -0.4 is 0 Å². The van der Waals surface area contributed by atoms with Gasteiger partial charge in [-0.05, 0) is 25.0 Å². The molecule has 1 N–H and O–H groups in total. The molecular weight excluding hydrogens is 356 g/mol. The van der Waals surface area contributed by atoms with Crippen LogP contribution in [-0.2, 0) is 32.2 Å². The molecule has 2 aromatic carbocycles. The first-order valence-electron chi connectivity index (χ1n) is 9.86. The van der Waals surface area contributed by atoms with Crippen molar-refractivity contribution in [3.05, 3.63) is 71.8 Å². The van der Waals surface area contributed by atoms with Gasteiger partial charge in [0.05, 0.1) is 25.4 Å². The fourth-order valence-electron chi connectivity index (χ4n) is 4.03. The standard InChI is InChI=1S/C23H28O5/c1-23(2)27-19-13-18(24)20(25-14-16-9-5-3-6-10-16)22(21(19)28-23)26-15-17-11-7-4-8-12-17/h3-12,18-22,24H,13-15H2,1-2H3/t18-,19+,20-,21+,22+/m1/s1. The number of hydrogen-bond acceptors (Lipinski definition) is 5. The van der Waals surface area contributed by atoms with Crippen LogP contribution in [-0.4, -0.2) is 41.4 Å². The molecule has 1 aliphatic heterocycles. The summed E-state index contributed by atoms with van der Waals surface area (Å²) in [4.78, 5) is 0. The Bertz CT molecular complexity index is 748. The summed E-state index contributed by atoms with van der Waals surface area (Å²) < 4.78 is 24.6. The Morgan fingerprint density at radius 2 is 1.39 bits per heavy atom. The van der Waals surface area contributed by atoms with E-state index in [4.69, 9.17) is 18.9 Å². The molecule has 5 heteroatoms. The van der Waals surface area contributed by atoms with E-state index in [1.807, 2.05) is 74.5 Å². The Labute approximate surface area is 166 Å². The zero-order valence-corrected chi connectivity index (χ0v) is 16.4. The van der Waals surface area contributed by atoms with Crippen LogP contribution >= 0.6 is 0 Å². The molecule has 5 nitrogen and oxygen atoms in total. The summed E-state index contributed by atoms with van der Waals surface area (Å²) in [5, 5.41) is 10.8. The first-order chi connectivity index (χ1) is 13.5. The van der Waals surface area contributed by atoms with Crippen molar-refractivity contribution in [2.45, 2.75) is 69.8 Å². The molecule has 28 heavy (non-hydrogen) atoms. The fourth-order valence-corrected chi connectivity index (χ4v) is 4.03. The van der Waals surface area contributed by atoms with E-state index in [1.165, 1.54) is 0 Å². The Balaban J connectivity index is 1.51. The molecule has 2 fully saturated rings. The maximum atomic E-state index is 10.8. The monoisotopic (exact) mass is 384 g/mol. The number of aliphatic hydroxyl groups excluding tert-OH is 1. The average molecular weight is 384 g/mol. The van der Waals surface area contributed by atoms with Crippen molar-refractivity contribution < 1.29 is 24.1 Å². The number of hydrogen-bond donors (Lipinski definition) is 1. The van der Waals surface area contributed by atoms with Gasteiger partial charge < -0.3 is 24.1 Å². The van der Waals surface area contributed by atoms with Gasteiger partial charge in [-0.15, -0.1) is 0 Å². The molecule has 1 aliphatic carbocycles. The van der Waals surface area contributed by atoms with E-state index in [-0.39, 0.29) is 12.2 Å². The number of ether oxygens (including phenoxy) is 4. The van der Waals surface area contributed by atoms with Crippen molar-refractivity contribution in [3.63, 3.8) is 0 Å². The Morgan fingerprint density at radius 3 is 1.96 bits per heavy atom. The molecule has 0 spiro atoms. The van der Waals surface area contributed by atoms with E-state index in [1.54, 1.807) is 0 Å². The predicted molar refractivity (Wildman–Crippen MR) is 104 cm³/mol. The molecular formula is C23H28O5. The van der Waals surface area contributed by atoms with Gasteiger partial charge in [-0.1, -0.05) is 60.7 Å². The molecule has 1 saturated heterocycles. The van der Waals surface area contributed by atoms with Gasteiger partial charge in [0.15, 0.2) is 5.79 Å². The van der Waals surface area contributed by atoms with E-state index in [9.17, 15) is 5.11 Å². The molecule has 150 valence electrons. The van der Waals surface area contributed by atoms with Crippen LogP contribution in [0.3, 0.4) is 0 Å². The third-order valence-corrected chi connectivity index (χ3v) is 5.29. The second-order valence-electron chi connectivity index (χ2n) is 7.96. The molecule has 2 aliphatic rings. The normalized spacial score (nSPS) is 31.5. The van der Waals surface area contributed by atoms with E-state index in [0.717, 1.165) is 11.1 Å². The molecule has 5 atom stereocenters. The van der Waals surface area contributed by atoms with E-state index < -0.39 is 24.1 Å². The summed E-state index contributed by atoms with van der Waals surface area (Å²) in [6, 6.07) is 19.9. The number of aliphatic hydroxyl groups is 1. The van der Waals surface area contributed by atoms with Gasteiger partial charge in [0.1, 0.15) is 18.3 Å². The molecule has 1 saturated carbocycles. The number of benzene rings is 2. The Hall–Kier alpha value is -1.76. The SMILES string of the molecule is CC1(C)O[C@@H]2[C@@H](OCc3ccccc3)[C@H](OCc3ccccc3)[C@H](O)C[C@@H]2O1. The predicted octanol–water partition coefficient (Wildman–Crippen LogP) is 3.44. The van der Waals surface area contributed by atoms with Gasteiger partial charge in [0.2, 0.25) is 0 Å². The molecule has 0 bridgehead atoms. The van der Waals surface area contributed by atoms with Crippen molar-refractivity contribution in [2.75, 3.05) is 0 Å². The van der Waals surface area contributed by atoms with Crippen molar-refractivity contribution in [2.24, 2.45) is 0 Å². The lowest BCUT2D eigenvalue weighted by Crippen LogP contribution is -2.56. The maximum absolute atomic E-state index is 10.8. The second kappa shape index (κ2) is 8.31. The van der Waals surface area contributed by atoms with Crippen LogP contribution in [0.5, 0.6) is 0 Å². The van der Waals surface area contributed by atoms with Crippen LogP contribution in [0.1, 0.15) is 31.4 Å². The Morgan fingerprint density at radius 1 is 0.857 bits per heavy atom. The topological polar surface area (TPSA) is 57.2 Å². The highest BCUT2D eigenvalue weighted by Gasteiger charge is 2.54. The molecule has 4 rings (SSSR count). The molecule has 1 heterocycles. The zero-order valence-electron chi connectivity index (χ0n) is 16.4. The van der Waals surface area contributed by atoms with Gasteiger partial charge in [-0.3, -0.25) is 0 Å². The van der Waals surface area contributed by atoms with Crippen molar-refractivity contribution in [1.29, 1.82) is 0 Å². The smallest absolute Gasteiger partial charge is 0.163 e. The van der Waals surface area contributed by atoms with Crippen LogP contribution in [0.25, 0.3) is 0 Å². The highest BCUT2D eigenvalue weighted by molar-refractivity contribution is 5.15. The number of rotatable bonds is 6. The van der Waals surface area contributed by atoms with Crippen molar-refractivity contribution in [1.82, 2.24) is 0 Å². The maximum Gasteiger partial charge on any atom is 0.163 e. The van der Waals surface area contributed by atoms with Gasteiger partial charge in [-0.2, -0.15) is 0 Å². The molecule has 0 radical (unpaired) electrons. The summed E-state index contributed by atoms with van der Waals surface area (Å²) in [6.45, 7) is 4.63. The van der Waals surface area contributed by atoms with Crippen molar-refractivity contribution >= 4 is 0 Å². The quantitative estimate of drug-likeness (QED) is 0.827. The van der Waals surface area contributed by atoms with Crippen LogP contribution in [0.15, 0.2) is 60.7 Å². The minimum Gasteiger partial charge on any atom is -0.390 e. The van der Waals surface area contributed by atoms with Gasteiger partial charge >= 0.3 is 0 Å². The summed E-state index contributed by atoms with van der Waals surface area (Å²) in [5.41, 5.74) is 2.13. The van der Waals surface area contributed by atoms with Gasteiger partial charge in [0.25, 0.3) is 0 Å². The third-order valence-electron chi connectivity index (χ3n) is 5.29. The minimum absolute atomic E-state index is 0.206. The van der Waals surface area contributed by atoms with E-state index in [2.05, 4.69) is 0 Å². The fraction of sp³-hybridized carbons (Fsp3) is 0.478. The molecule has 2 aromatic rings. The van der Waals surface area contributed by atoms with Gasteiger partial charge in [-0.25, -0.2) is 0 Å². The molecule has 0 unspecified atom stereocenters. The summed E-state index contributed by atoms with van der Waals surface area (Å²) in [5.74, 6) is -0.697. The highest BCUT2D eigenvalue weighted by atomic mass is 16.8. The lowest BCUT2D eigenvalue weighted by molar-refractivity contribution is -0.201. The average Bonchev–Trinajstić information content (AvgIpc) is 3.00. The zero-order chi connectivity index (χ0) is 19.6. The van der Waals surface area contributed by atoms with Crippen LogP contribution in [0.2, 0.25) is 0 Å². The van der Waals surface area contributed by atoms with Gasteiger partial charge in [0, 0.05) is 6.42 Å². The van der Waals surface area contributed by atoms with Crippen LogP contribution in [0.4, 0.5) is 0 Å². The molecule has 0 amide bonds. The minimum atomic E-state index is -0.697. The third kappa shape index (κ3) is 4.45. The highest BCUT2D eigenvalue weighted by Crippen LogP contribution is 2.39. The lowest BCUT2D eigenvalue weighted by Gasteiger charge is -2.40. The largest absolute Gasteiger partial charge is 0.390 e. The second-order valence-corrected chi connectivity index (χ2v) is 7.96. The first kappa shape index (κ1) is 19.6. The van der Waals surface area contributed by atoms with E-state index >= 15 is 0 Å². The Kier molecular flexibility index (Phi) is 5.80. The first-order valence-corrected chi connectivity index (χ1v) is 9.86. The van der Waals surface area contributed by atoms with Crippen molar-refractivity contribution in [3.8, 4) is 0 Å². The lowest BCUT2D eigenvalue weighted by atomic mass is 9.87. The summed E-state index contributed by atoms with van der Waals surface area (Å²) in [7, 11) is 0. The van der Waals surface area contributed by atoms with E-state index in [0.29, 0.717) is 19.6 Å². The summed E-state index contributed by atoms with van der Waals surface area (Å²) in [6.07, 6.45) is -1.59. The number of fused-ring (bicyclic) bond motifs is 1. The molecule has 0 aromatic heterocycles.